The molecule has 0 saturated carbocycles. The summed E-state index contributed by atoms with van der Waals surface area (Å²) in [4.78, 5) is 38.1. The minimum absolute atomic E-state index is 0.107. The second-order valence-corrected chi connectivity index (χ2v) is 18.1. The van der Waals surface area contributed by atoms with Gasteiger partial charge >= 0.3 is 17.9 Å². The SMILES string of the molecule is CC/C=C\C/C=C\C/C=C\C/C=C\C/C=C\CCC(=O)OC(COC(=O)CCCCCCCCCCC/C=C\C/C=C\C/C=C\CC)COC(=O)CCCCCCCCCCCCCCCC. The third kappa shape index (κ3) is 53.2. The van der Waals surface area contributed by atoms with Gasteiger partial charge in [-0.05, 0) is 83.5 Å². The first-order chi connectivity index (χ1) is 33.0. The van der Waals surface area contributed by atoms with E-state index in [0.29, 0.717) is 19.3 Å². The third-order valence-electron chi connectivity index (χ3n) is 11.6. The minimum Gasteiger partial charge on any atom is -0.462 e. The molecule has 0 spiro atoms. The van der Waals surface area contributed by atoms with Gasteiger partial charge in [-0.1, -0.05) is 246 Å². The largest absolute Gasteiger partial charge is 0.462 e. The van der Waals surface area contributed by atoms with Crippen LogP contribution in [0.25, 0.3) is 0 Å². The first kappa shape index (κ1) is 63.3. The molecular formula is C61H102O6. The molecular weight excluding hydrogens is 829 g/mol. The van der Waals surface area contributed by atoms with Crippen molar-refractivity contribution in [1.82, 2.24) is 0 Å². The van der Waals surface area contributed by atoms with Crippen LogP contribution in [0.2, 0.25) is 0 Å². The summed E-state index contributed by atoms with van der Waals surface area (Å²) in [5, 5.41) is 0. The maximum Gasteiger partial charge on any atom is 0.306 e. The van der Waals surface area contributed by atoms with E-state index < -0.39 is 12.1 Å². The summed E-state index contributed by atoms with van der Waals surface area (Å²) in [7, 11) is 0. The van der Waals surface area contributed by atoms with Crippen molar-refractivity contribution in [1.29, 1.82) is 0 Å². The molecule has 0 saturated heterocycles. The number of unbranched alkanes of at least 4 members (excludes halogenated alkanes) is 22. The molecule has 0 aromatic heterocycles. The molecule has 382 valence electrons. The molecule has 0 aliphatic heterocycles. The Balaban J connectivity index is 4.47. The summed E-state index contributed by atoms with van der Waals surface area (Å²) in [5.74, 6) is -0.994. The Bertz CT molecular complexity index is 1350. The minimum atomic E-state index is -0.818. The number of carbonyl (C=O) groups is 3. The highest BCUT2D eigenvalue weighted by atomic mass is 16.6. The van der Waals surface area contributed by atoms with Gasteiger partial charge in [-0.15, -0.1) is 0 Å². The summed E-state index contributed by atoms with van der Waals surface area (Å²) in [6.07, 6.45) is 72.6. The van der Waals surface area contributed by atoms with Crippen molar-refractivity contribution in [2.24, 2.45) is 0 Å². The lowest BCUT2D eigenvalue weighted by Gasteiger charge is -2.18. The van der Waals surface area contributed by atoms with Crippen molar-refractivity contribution in [3.05, 3.63) is 97.2 Å². The topological polar surface area (TPSA) is 78.9 Å². The average Bonchev–Trinajstić information content (AvgIpc) is 3.33. The van der Waals surface area contributed by atoms with E-state index in [9.17, 15) is 14.4 Å². The fourth-order valence-corrected chi connectivity index (χ4v) is 7.51. The molecule has 0 rings (SSSR count). The van der Waals surface area contributed by atoms with Crippen LogP contribution in [-0.2, 0) is 28.6 Å². The van der Waals surface area contributed by atoms with E-state index in [0.717, 1.165) is 89.9 Å². The Morgan fingerprint density at radius 1 is 0.313 bits per heavy atom. The van der Waals surface area contributed by atoms with Crippen LogP contribution in [-0.4, -0.2) is 37.2 Å². The Morgan fingerprint density at radius 3 is 0.970 bits per heavy atom. The molecule has 6 nitrogen and oxygen atoms in total. The number of rotatable bonds is 49. The summed E-state index contributed by atoms with van der Waals surface area (Å²) >= 11 is 0. The summed E-state index contributed by atoms with van der Waals surface area (Å²) in [5.41, 5.74) is 0. The van der Waals surface area contributed by atoms with Crippen molar-refractivity contribution in [2.75, 3.05) is 13.2 Å². The Labute approximate surface area is 413 Å². The molecule has 0 radical (unpaired) electrons. The standard InChI is InChI=1S/C61H102O6/c1-4-7-10-13-16-19-22-25-28-30-31-32-34-36-39-42-45-48-51-54-60(63)66-57-58(56-65-59(62)53-50-47-44-41-38-35-27-24-21-18-15-12-9-6-3)67-61(64)55-52-49-46-43-40-37-33-29-26-23-20-17-14-11-8-5-2/h7-8,10-11,16-17,19-20,25-26,28-29,37,40,46,49,58H,4-6,9,12-15,18,21-24,27,30-36,38-39,41-45,47-48,50-57H2,1-3H3/b10-7-,11-8-,19-16-,20-17-,28-25-,29-26-,40-37-,49-46-. The van der Waals surface area contributed by atoms with Crippen LogP contribution < -0.4 is 0 Å². The predicted molar refractivity (Wildman–Crippen MR) is 288 cm³/mol. The first-order valence-electron chi connectivity index (χ1n) is 27.7. The van der Waals surface area contributed by atoms with Gasteiger partial charge in [0.2, 0.25) is 0 Å². The van der Waals surface area contributed by atoms with Crippen LogP contribution >= 0.6 is 0 Å². The van der Waals surface area contributed by atoms with Crippen LogP contribution in [0.5, 0.6) is 0 Å². The summed E-state index contributed by atoms with van der Waals surface area (Å²) in [6.45, 7) is 6.36. The van der Waals surface area contributed by atoms with E-state index >= 15 is 0 Å². The number of carbonyl (C=O) groups excluding carboxylic acids is 3. The van der Waals surface area contributed by atoms with Crippen molar-refractivity contribution in [3.8, 4) is 0 Å². The molecule has 0 aliphatic carbocycles. The van der Waals surface area contributed by atoms with E-state index in [-0.39, 0.29) is 31.6 Å². The number of hydrogen-bond donors (Lipinski definition) is 0. The Morgan fingerprint density at radius 2 is 0.612 bits per heavy atom. The van der Waals surface area contributed by atoms with Gasteiger partial charge in [-0.25, -0.2) is 0 Å². The molecule has 0 aliphatic rings. The highest BCUT2D eigenvalue weighted by Gasteiger charge is 2.19. The monoisotopic (exact) mass is 931 g/mol. The van der Waals surface area contributed by atoms with Crippen LogP contribution in [0.15, 0.2) is 97.2 Å². The van der Waals surface area contributed by atoms with E-state index in [4.69, 9.17) is 14.2 Å². The molecule has 0 heterocycles. The summed E-state index contributed by atoms with van der Waals surface area (Å²) < 4.78 is 16.8. The zero-order valence-electron chi connectivity index (χ0n) is 43.6. The lowest BCUT2D eigenvalue weighted by Crippen LogP contribution is -2.30. The second kappa shape index (κ2) is 54.9. The molecule has 67 heavy (non-hydrogen) atoms. The van der Waals surface area contributed by atoms with Gasteiger partial charge in [0.25, 0.3) is 0 Å². The van der Waals surface area contributed by atoms with Crippen LogP contribution in [0, 0.1) is 0 Å². The molecule has 0 amide bonds. The van der Waals surface area contributed by atoms with E-state index in [1.54, 1.807) is 0 Å². The van der Waals surface area contributed by atoms with E-state index in [1.165, 1.54) is 116 Å². The van der Waals surface area contributed by atoms with Gasteiger partial charge in [-0.3, -0.25) is 14.4 Å². The van der Waals surface area contributed by atoms with Gasteiger partial charge in [0, 0.05) is 19.3 Å². The highest BCUT2D eigenvalue weighted by Crippen LogP contribution is 2.15. The average molecular weight is 931 g/mol. The van der Waals surface area contributed by atoms with Gasteiger partial charge < -0.3 is 14.2 Å². The molecule has 0 N–H and O–H groups in total. The maximum absolute atomic E-state index is 12.8. The van der Waals surface area contributed by atoms with Gasteiger partial charge in [-0.2, -0.15) is 0 Å². The second-order valence-electron chi connectivity index (χ2n) is 18.1. The van der Waals surface area contributed by atoms with Crippen LogP contribution in [0.3, 0.4) is 0 Å². The fraction of sp³-hybridized carbons (Fsp3) is 0.689. The first-order valence-corrected chi connectivity index (χ1v) is 27.7. The quantitative estimate of drug-likeness (QED) is 0.0262. The highest BCUT2D eigenvalue weighted by molar-refractivity contribution is 5.71. The van der Waals surface area contributed by atoms with Crippen LogP contribution in [0.4, 0.5) is 0 Å². The fourth-order valence-electron chi connectivity index (χ4n) is 7.51. The molecule has 0 aromatic carbocycles. The zero-order valence-corrected chi connectivity index (χ0v) is 43.6. The molecule has 0 fully saturated rings. The number of hydrogen-bond acceptors (Lipinski definition) is 6. The lowest BCUT2D eigenvalue weighted by molar-refractivity contribution is -0.166. The normalized spacial score (nSPS) is 12.8. The van der Waals surface area contributed by atoms with Gasteiger partial charge in [0.15, 0.2) is 6.10 Å². The number of allylic oxidation sites excluding steroid dienone is 16. The third-order valence-corrected chi connectivity index (χ3v) is 11.6. The number of esters is 3. The maximum atomic E-state index is 12.8. The van der Waals surface area contributed by atoms with Crippen molar-refractivity contribution >= 4 is 17.9 Å². The number of ether oxygens (including phenoxy) is 3. The smallest absolute Gasteiger partial charge is 0.306 e. The Hall–Kier alpha value is -3.67. The molecule has 1 atom stereocenters. The predicted octanol–water partition coefficient (Wildman–Crippen LogP) is 18.5. The van der Waals surface area contributed by atoms with Crippen LogP contribution in [0.1, 0.15) is 252 Å². The van der Waals surface area contributed by atoms with Crippen molar-refractivity contribution in [3.63, 3.8) is 0 Å². The molecule has 0 bridgehead atoms. The van der Waals surface area contributed by atoms with Crippen molar-refractivity contribution in [2.45, 2.75) is 258 Å². The molecule has 6 heteroatoms. The van der Waals surface area contributed by atoms with Gasteiger partial charge in [0.1, 0.15) is 13.2 Å². The lowest BCUT2D eigenvalue weighted by atomic mass is 10.0. The zero-order chi connectivity index (χ0) is 48.6. The van der Waals surface area contributed by atoms with E-state index in [1.807, 2.05) is 12.2 Å². The Kier molecular flexibility index (Phi) is 51.9. The molecule has 1 unspecified atom stereocenters. The van der Waals surface area contributed by atoms with Crippen molar-refractivity contribution < 1.29 is 28.6 Å². The van der Waals surface area contributed by atoms with Gasteiger partial charge in [0.05, 0.1) is 0 Å². The summed E-state index contributed by atoms with van der Waals surface area (Å²) in [6, 6.07) is 0. The van der Waals surface area contributed by atoms with E-state index in [2.05, 4.69) is 106 Å². The molecule has 0 aromatic rings.